The molecule has 1 rings (SSSR count). The molecule has 1 aromatic carbocycles. The number of anilines is 1. The highest BCUT2D eigenvalue weighted by molar-refractivity contribution is 7.80. The van der Waals surface area contributed by atoms with Crippen LogP contribution >= 0.6 is 12.2 Å². The Kier molecular flexibility index (Phi) is 13.8. The van der Waals surface area contributed by atoms with Gasteiger partial charge in [-0.1, -0.05) is 83.3 Å². The molecule has 0 saturated heterocycles. The summed E-state index contributed by atoms with van der Waals surface area (Å²) in [6.07, 6.45) is 14.3. The van der Waals surface area contributed by atoms with Crippen molar-refractivity contribution in [3.63, 3.8) is 0 Å². The van der Waals surface area contributed by atoms with Crippen LogP contribution in [0, 0.1) is 0 Å². The summed E-state index contributed by atoms with van der Waals surface area (Å²) in [7, 11) is 1.58. The first kappa shape index (κ1) is 25.1. The molecule has 0 heterocycles. The van der Waals surface area contributed by atoms with E-state index in [-0.39, 0.29) is 16.9 Å². The van der Waals surface area contributed by atoms with Gasteiger partial charge in [-0.05, 0) is 30.8 Å². The van der Waals surface area contributed by atoms with E-state index in [1.807, 2.05) is 6.07 Å². The monoisotopic (exact) mass is 419 g/mol. The maximum atomic E-state index is 12.1. The van der Waals surface area contributed by atoms with Crippen molar-refractivity contribution >= 4 is 34.8 Å². The van der Waals surface area contributed by atoms with E-state index in [0.29, 0.717) is 17.7 Å². The first-order valence-electron chi connectivity index (χ1n) is 11.0. The van der Waals surface area contributed by atoms with Crippen molar-refractivity contribution in [3.05, 3.63) is 29.8 Å². The van der Waals surface area contributed by atoms with Gasteiger partial charge in [0.25, 0.3) is 5.91 Å². The number of para-hydroxylation sites is 1. The lowest BCUT2D eigenvalue weighted by molar-refractivity contribution is -0.119. The van der Waals surface area contributed by atoms with Gasteiger partial charge in [0, 0.05) is 13.5 Å². The van der Waals surface area contributed by atoms with Gasteiger partial charge in [-0.3, -0.25) is 9.59 Å². The Morgan fingerprint density at radius 1 is 0.862 bits per heavy atom. The highest BCUT2D eigenvalue weighted by atomic mass is 32.1. The van der Waals surface area contributed by atoms with Gasteiger partial charge in [0.2, 0.25) is 5.91 Å². The summed E-state index contributed by atoms with van der Waals surface area (Å²) in [6.45, 7) is 2.25. The van der Waals surface area contributed by atoms with Gasteiger partial charge in [-0.15, -0.1) is 0 Å². The third-order valence-electron chi connectivity index (χ3n) is 4.91. The quantitative estimate of drug-likeness (QED) is 0.273. The molecular formula is C23H37N3O2S. The zero-order valence-corrected chi connectivity index (χ0v) is 18.8. The molecule has 162 valence electrons. The molecule has 0 atom stereocenters. The summed E-state index contributed by atoms with van der Waals surface area (Å²) in [4.78, 5) is 23.9. The van der Waals surface area contributed by atoms with Crippen LogP contribution in [-0.2, 0) is 4.79 Å². The van der Waals surface area contributed by atoms with E-state index in [4.69, 9.17) is 12.2 Å². The van der Waals surface area contributed by atoms with Crippen molar-refractivity contribution in [1.29, 1.82) is 0 Å². The molecule has 3 N–H and O–H groups in total. The van der Waals surface area contributed by atoms with Crippen molar-refractivity contribution in [2.75, 3.05) is 12.4 Å². The normalized spacial score (nSPS) is 10.4. The standard InChI is InChI=1S/C23H37N3O2S/c1-3-4-5-6-7-8-9-10-11-12-13-18-21(27)26-23(29)25-20-17-15-14-16-19(20)22(28)24-2/h14-17H,3-13,18H2,1-2H3,(H,24,28)(H2,25,26,27,29). The second-order valence-corrected chi connectivity index (χ2v) is 7.82. The number of hydrogen-bond donors (Lipinski definition) is 3. The highest BCUT2D eigenvalue weighted by Crippen LogP contribution is 2.15. The molecule has 1 aromatic rings. The summed E-state index contributed by atoms with van der Waals surface area (Å²) in [6, 6.07) is 7.05. The molecular weight excluding hydrogens is 382 g/mol. The van der Waals surface area contributed by atoms with Gasteiger partial charge in [0.05, 0.1) is 11.3 Å². The number of benzene rings is 1. The maximum Gasteiger partial charge on any atom is 0.253 e. The van der Waals surface area contributed by atoms with Gasteiger partial charge in [0.1, 0.15) is 0 Å². The molecule has 0 bridgehead atoms. The summed E-state index contributed by atoms with van der Waals surface area (Å²) in [5.74, 6) is -0.293. The second kappa shape index (κ2) is 15.9. The Balaban J connectivity index is 2.13. The molecule has 0 aromatic heterocycles. The minimum absolute atomic E-state index is 0.0872. The molecule has 0 unspecified atom stereocenters. The van der Waals surface area contributed by atoms with Gasteiger partial charge in [-0.2, -0.15) is 0 Å². The lowest BCUT2D eigenvalue weighted by atomic mass is 10.1. The van der Waals surface area contributed by atoms with Crippen LogP contribution < -0.4 is 16.0 Å². The SMILES string of the molecule is CCCCCCCCCCCCCC(=O)NC(=S)Nc1ccccc1C(=O)NC. The van der Waals surface area contributed by atoms with Crippen LogP contribution in [0.25, 0.3) is 0 Å². The molecule has 0 aliphatic heterocycles. The van der Waals surface area contributed by atoms with Crippen molar-refractivity contribution in [2.24, 2.45) is 0 Å². The van der Waals surface area contributed by atoms with Gasteiger partial charge in [0.15, 0.2) is 5.11 Å². The third kappa shape index (κ3) is 11.6. The van der Waals surface area contributed by atoms with Crippen LogP contribution in [0.15, 0.2) is 24.3 Å². The zero-order chi connectivity index (χ0) is 21.3. The highest BCUT2D eigenvalue weighted by Gasteiger charge is 2.11. The Labute approximate surface area is 181 Å². The van der Waals surface area contributed by atoms with Crippen molar-refractivity contribution in [3.8, 4) is 0 Å². The van der Waals surface area contributed by atoms with E-state index < -0.39 is 0 Å². The molecule has 0 fully saturated rings. The number of thiocarbonyl (C=S) groups is 1. The average molecular weight is 420 g/mol. The van der Waals surface area contributed by atoms with Gasteiger partial charge < -0.3 is 16.0 Å². The lowest BCUT2D eigenvalue weighted by Crippen LogP contribution is -2.34. The van der Waals surface area contributed by atoms with E-state index >= 15 is 0 Å². The largest absolute Gasteiger partial charge is 0.355 e. The Bertz CT molecular complexity index is 634. The summed E-state index contributed by atoms with van der Waals surface area (Å²) in [5, 5.41) is 8.44. The molecule has 29 heavy (non-hydrogen) atoms. The topological polar surface area (TPSA) is 70.2 Å². The van der Waals surface area contributed by atoms with Gasteiger partial charge >= 0.3 is 0 Å². The number of amides is 2. The number of carbonyl (C=O) groups is 2. The van der Waals surface area contributed by atoms with E-state index in [0.717, 1.165) is 12.8 Å². The molecule has 6 heteroatoms. The fourth-order valence-corrected chi connectivity index (χ4v) is 3.44. The number of carbonyl (C=O) groups excluding carboxylic acids is 2. The summed E-state index contributed by atoms with van der Waals surface area (Å²) in [5.41, 5.74) is 1.06. The summed E-state index contributed by atoms with van der Waals surface area (Å²) >= 11 is 5.21. The van der Waals surface area contributed by atoms with Crippen LogP contribution in [0.2, 0.25) is 0 Å². The third-order valence-corrected chi connectivity index (χ3v) is 5.11. The molecule has 0 aliphatic carbocycles. The Morgan fingerprint density at radius 3 is 2.00 bits per heavy atom. The Morgan fingerprint density at radius 2 is 1.41 bits per heavy atom. The maximum absolute atomic E-state index is 12.1. The molecule has 0 radical (unpaired) electrons. The van der Waals surface area contributed by atoms with E-state index in [1.54, 1.807) is 25.2 Å². The molecule has 0 saturated carbocycles. The average Bonchev–Trinajstić information content (AvgIpc) is 2.71. The Hall–Kier alpha value is -1.95. The zero-order valence-electron chi connectivity index (χ0n) is 18.0. The van der Waals surface area contributed by atoms with E-state index in [1.165, 1.54) is 57.8 Å². The van der Waals surface area contributed by atoms with Gasteiger partial charge in [-0.25, -0.2) is 0 Å². The van der Waals surface area contributed by atoms with Crippen molar-refractivity contribution < 1.29 is 9.59 Å². The second-order valence-electron chi connectivity index (χ2n) is 7.41. The number of nitrogens with one attached hydrogen (secondary N) is 3. The van der Waals surface area contributed by atoms with Crippen LogP contribution in [-0.4, -0.2) is 24.0 Å². The van der Waals surface area contributed by atoms with E-state index in [9.17, 15) is 9.59 Å². The number of unbranched alkanes of at least 4 members (excludes halogenated alkanes) is 10. The van der Waals surface area contributed by atoms with Crippen molar-refractivity contribution in [1.82, 2.24) is 10.6 Å². The molecule has 2 amide bonds. The fraction of sp³-hybridized carbons (Fsp3) is 0.609. The van der Waals surface area contributed by atoms with Crippen LogP contribution in [0.3, 0.4) is 0 Å². The van der Waals surface area contributed by atoms with Crippen LogP contribution in [0.4, 0.5) is 5.69 Å². The van der Waals surface area contributed by atoms with Crippen LogP contribution in [0.1, 0.15) is 94.3 Å². The minimum atomic E-state index is -0.205. The fourth-order valence-electron chi connectivity index (χ4n) is 3.22. The lowest BCUT2D eigenvalue weighted by Gasteiger charge is -2.12. The van der Waals surface area contributed by atoms with Crippen molar-refractivity contribution in [2.45, 2.75) is 84.0 Å². The smallest absolute Gasteiger partial charge is 0.253 e. The van der Waals surface area contributed by atoms with E-state index in [2.05, 4.69) is 22.9 Å². The predicted molar refractivity (Wildman–Crippen MR) is 125 cm³/mol. The first-order chi connectivity index (χ1) is 14.1. The number of hydrogen-bond acceptors (Lipinski definition) is 3. The molecule has 5 nitrogen and oxygen atoms in total. The first-order valence-corrected chi connectivity index (χ1v) is 11.4. The van der Waals surface area contributed by atoms with Crippen LogP contribution in [0.5, 0.6) is 0 Å². The number of rotatable bonds is 14. The predicted octanol–water partition coefficient (Wildman–Crippen LogP) is 5.56. The summed E-state index contributed by atoms with van der Waals surface area (Å²) < 4.78 is 0. The molecule has 0 aliphatic rings. The minimum Gasteiger partial charge on any atom is -0.355 e. The molecule has 0 spiro atoms.